The Bertz CT molecular complexity index is 153. The summed E-state index contributed by atoms with van der Waals surface area (Å²) in [4.78, 5) is 0. The lowest BCUT2D eigenvalue weighted by Crippen LogP contribution is -1.74. The van der Waals surface area contributed by atoms with Gasteiger partial charge >= 0.3 is 0 Å². The van der Waals surface area contributed by atoms with Crippen molar-refractivity contribution < 1.29 is 0 Å². The molecule has 0 heterocycles. The second kappa shape index (κ2) is 13.5. The summed E-state index contributed by atoms with van der Waals surface area (Å²) in [5.41, 5.74) is 2.63. The molecule has 0 saturated heterocycles. The van der Waals surface area contributed by atoms with Crippen molar-refractivity contribution in [3.05, 3.63) is 24.3 Å². The molecule has 0 nitrogen and oxygen atoms in total. The van der Waals surface area contributed by atoms with Crippen molar-refractivity contribution >= 4 is 0 Å². The maximum Gasteiger partial charge on any atom is -0.0326 e. The van der Waals surface area contributed by atoms with Crippen molar-refractivity contribution in [2.75, 3.05) is 0 Å². The largest absolute Gasteiger partial charge is 0.100 e. The van der Waals surface area contributed by atoms with Gasteiger partial charge in [0.05, 0.1) is 0 Å². The Labute approximate surface area is 97.5 Å². The van der Waals surface area contributed by atoms with Gasteiger partial charge in [0.25, 0.3) is 0 Å². The van der Waals surface area contributed by atoms with Crippen LogP contribution in [0.5, 0.6) is 0 Å². The summed E-state index contributed by atoms with van der Waals surface area (Å²) in [5.74, 6) is 0. The Morgan fingerprint density at radius 3 is 1.40 bits per heavy atom. The highest BCUT2D eigenvalue weighted by atomic mass is 13.9. The van der Waals surface area contributed by atoms with Crippen LogP contribution in [0.1, 0.15) is 72.6 Å². The van der Waals surface area contributed by atoms with Crippen LogP contribution < -0.4 is 0 Å². The minimum atomic E-state index is 1.20. The monoisotopic (exact) mass is 210 g/mol. The van der Waals surface area contributed by atoms with Gasteiger partial charge in [-0.25, -0.2) is 0 Å². The first-order valence-corrected chi connectivity index (χ1v) is 6.33. The van der Waals surface area contributed by atoms with Gasteiger partial charge in [0, 0.05) is 0 Å². The molecule has 0 saturated carbocycles. The third-order valence-corrected chi connectivity index (χ3v) is 2.16. The number of hydrogen-bond acceptors (Lipinski definition) is 0. The van der Waals surface area contributed by atoms with Gasteiger partial charge in [-0.1, -0.05) is 44.3 Å². The quantitative estimate of drug-likeness (QED) is 0.363. The summed E-state index contributed by atoms with van der Waals surface area (Å²) in [6.45, 7) is 16.2. The Balaban J connectivity index is 0. The van der Waals surface area contributed by atoms with Crippen molar-refractivity contribution in [3.63, 3.8) is 0 Å². The first-order valence-electron chi connectivity index (χ1n) is 6.33. The highest BCUT2D eigenvalue weighted by molar-refractivity contribution is 4.87. The minimum absolute atomic E-state index is 1.20. The van der Waals surface area contributed by atoms with E-state index in [-0.39, 0.29) is 0 Å². The first kappa shape index (κ1) is 16.9. The Hall–Kier alpha value is -0.520. The lowest BCUT2D eigenvalue weighted by molar-refractivity contribution is 0.714. The molecule has 0 spiro atoms. The van der Waals surface area contributed by atoms with Gasteiger partial charge in [-0.15, -0.1) is 13.2 Å². The van der Waals surface area contributed by atoms with Gasteiger partial charge in [-0.2, -0.15) is 0 Å². The van der Waals surface area contributed by atoms with Gasteiger partial charge in [0.1, 0.15) is 0 Å². The molecule has 0 radical (unpaired) electrons. The maximum atomic E-state index is 3.83. The van der Waals surface area contributed by atoms with E-state index in [9.17, 15) is 0 Å². The van der Waals surface area contributed by atoms with Crippen molar-refractivity contribution in [1.29, 1.82) is 0 Å². The SMILES string of the molecule is C=C(C)CCCC.C=C(C)CCCCC. The zero-order chi connectivity index (χ0) is 12.1. The van der Waals surface area contributed by atoms with Gasteiger partial charge in [0.2, 0.25) is 0 Å². The molecule has 0 aliphatic carbocycles. The van der Waals surface area contributed by atoms with E-state index in [1.807, 2.05) is 0 Å². The lowest BCUT2D eigenvalue weighted by atomic mass is 10.1. The molecule has 0 aliphatic heterocycles. The topological polar surface area (TPSA) is 0 Å². The molecule has 0 aromatic rings. The highest BCUT2D eigenvalue weighted by Crippen LogP contribution is 2.04. The van der Waals surface area contributed by atoms with Crippen LogP contribution in [0.4, 0.5) is 0 Å². The van der Waals surface area contributed by atoms with Crippen LogP contribution in [-0.2, 0) is 0 Å². The van der Waals surface area contributed by atoms with Crippen LogP contribution in [0.25, 0.3) is 0 Å². The minimum Gasteiger partial charge on any atom is -0.100 e. The van der Waals surface area contributed by atoms with Crippen molar-refractivity contribution in [2.24, 2.45) is 0 Å². The molecule has 0 rings (SSSR count). The van der Waals surface area contributed by atoms with Crippen molar-refractivity contribution in [2.45, 2.75) is 72.6 Å². The predicted octanol–water partition coefficient (Wildman–Crippen LogP) is 5.90. The number of allylic oxidation sites excluding steroid dienone is 2. The third kappa shape index (κ3) is 24.7. The molecular weight excluding hydrogens is 180 g/mol. The zero-order valence-electron chi connectivity index (χ0n) is 11.4. The summed E-state index contributed by atoms with van der Waals surface area (Å²) >= 11 is 0. The van der Waals surface area contributed by atoms with E-state index in [4.69, 9.17) is 0 Å². The molecule has 0 unspecified atom stereocenters. The second-order valence-corrected chi connectivity index (χ2v) is 4.47. The van der Waals surface area contributed by atoms with Crippen LogP contribution in [0.3, 0.4) is 0 Å². The Morgan fingerprint density at radius 2 is 1.13 bits per heavy atom. The molecule has 0 atom stereocenters. The van der Waals surface area contributed by atoms with Gasteiger partial charge in [-0.3, -0.25) is 0 Å². The fourth-order valence-electron chi connectivity index (χ4n) is 1.16. The molecule has 0 aliphatic rings. The number of rotatable bonds is 7. The zero-order valence-corrected chi connectivity index (χ0v) is 11.4. The van der Waals surface area contributed by atoms with Crippen molar-refractivity contribution in [3.8, 4) is 0 Å². The van der Waals surface area contributed by atoms with E-state index in [1.165, 1.54) is 56.1 Å². The summed E-state index contributed by atoms with van der Waals surface area (Å²) in [6.07, 6.45) is 9.00. The van der Waals surface area contributed by atoms with Gasteiger partial charge in [-0.05, 0) is 39.5 Å². The van der Waals surface area contributed by atoms with E-state index >= 15 is 0 Å². The van der Waals surface area contributed by atoms with E-state index in [2.05, 4.69) is 40.9 Å². The molecule has 0 N–H and O–H groups in total. The van der Waals surface area contributed by atoms with E-state index in [0.29, 0.717) is 0 Å². The van der Waals surface area contributed by atoms with E-state index in [0.717, 1.165) is 0 Å². The average molecular weight is 210 g/mol. The number of unbranched alkanes of at least 4 members (excludes halogenated alkanes) is 3. The average Bonchev–Trinajstić information content (AvgIpc) is 2.15. The van der Waals surface area contributed by atoms with Gasteiger partial charge < -0.3 is 0 Å². The van der Waals surface area contributed by atoms with E-state index < -0.39 is 0 Å². The molecule has 0 fully saturated rings. The molecule has 15 heavy (non-hydrogen) atoms. The summed E-state index contributed by atoms with van der Waals surface area (Å²) in [5, 5.41) is 0. The summed E-state index contributed by atoms with van der Waals surface area (Å²) in [6, 6.07) is 0. The predicted molar refractivity (Wildman–Crippen MR) is 73.3 cm³/mol. The van der Waals surface area contributed by atoms with Crippen LogP contribution in [0, 0.1) is 0 Å². The molecule has 90 valence electrons. The fraction of sp³-hybridized carbons (Fsp3) is 0.733. The smallest absolute Gasteiger partial charge is 0.0326 e. The molecular formula is C15H30. The maximum absolute atomic E-state index is 3.83. The van der Waals surface area contributed by atoms with Crippen LogP contribution in [0.15, 0.2) is 24.3 Å². The molecule has 0 aromatic heterocycles. The van der Waals surface area contributed by atoms with Crippen LogP contribution in [0.2, 0.25) is 0 Å². The molecule has 0 heteroatoms. The molecule has 0 aromatic carbocycles. The molecule has 0 amide bonds. The summed E-state index contributed by atoms with van der Waals surface area (Å²) < 4.78 is 0. The Morgan fingerprint density at radius 1 is 0.733 bits per heavy atom. The Kier molecular flexibility index (Phi) is 15.2. The standard InChI is InChI=1S/C8H16.C7H14/c1-4-5-6-7-8(2)3;1-4-5-6-7(2)3/h2,4-7H2,1,3H3;2,4-6H2,1,3H3. The van der Waals surface area contributed by atoms with Crippen LogP contribution >= 0.6 is 0 Å². The summed E-state index contributed by atoms with van der Waals surface area (Å²) in [7, 11) is 0. The highest BCUT2D eigenvalue weighted by Gasteiger charge is 1.84. The fourth-order valence-corrected chi connectivity index (χ4v) is 1.16. The van der Waals surface area contributed by atoms with Crippen LogP contribution in [-0.4, -0.2) is 0 Å². The lowest BCUT2D eigenvalue weighted by Gasteiger charge is -1.94. The first-order chi connectivity index (χ1) is 7.04. The third-order valence-electron chi connectivity index (χ3n) is 2.16. The van der Waals surface area contributed by atoms with Gasteiger partial charge in [0.15, 0.2) is 0 Å². The van der Waals surface area contributed by atoms with E-state index in [1.54, 1.807) is 0 Å². The second-order valence-electron chi connectivity index (χ2n) is 4.47. The molecule has 0 bridgehead atoms. The van der Waals surface area contributed by atoms with Crippen molar-refractivity contribution in [1.82, 2.24) is 0 Å². The normalized spacial score (nSPS) is 9.07. The number of hydrogen-bond donors (Lipinski definition) is 0.